The van der Waals surface area contributed by atoms with Gasteiger partial charge in [-0.1, -0.05) is 119 Å². The van der Waals surface area contributed by atoms with Crippen molar-refractivity contribution >= 4 is 78.5 Å². The predicted molar refractivity (Wildman–Crippen MR) is 247 cm³/mol. The highest BCUT2D eigenvalue weighted by Gasteiger charge is 2.16. The maximum atomic E-state index is 11.2. The van der Waals surface area contributed by atoms with Crippen molar-refractivity contribution in [3.05, 3.63) is 169 Å². The summed E-state index contributed by atoms with van der Waals surface area (Å²) < 4.78 is 0. The minimum absolute atomic E-state index is 0.453. The van der Waals surface area contributed by atoms with Gasteiger partial charge in [0.2, 0.25) is 0 Å². The molecule has 8 nitrogen and oxygen atoms in total. The van der Waals surface area contributed by atoms with Gasteiger partial charge in [0.15, 0.2) is 0 Å². The number of carbonyl (C=O) groups is 2. The molecule has 9 heteroatoms. The molecule has 0 N–H and O–H groups in total. The minimum atomic E-state index is -0.456. The van der Waals surface area contributed by atoms with Gasteiger partial charge in [-0.25, -0.2) is 19.6 Å². The van der Waals surface area contributed by atoms with Crippen LogP contribution in [0.2, 0.25) is 0 Å². The van der Waals surface area contributed by atoms with E-state index in [-0.39, 0.29) is 0 Å². The van der Waals surface area contributed by atoms with Crippen molar-refractivity contribution in [1.82, 2.24) is 9.97 Å². The van der Waals surface area contributed by atoms with E-state index >= 15 is 0 Å². The number of nitrogens with zero attached hydrogens (tertiary/aromatic N) is 4. The van der Waals surface area contributed by atoms with E-state index in [1.54, 1.807) is 25.6 Å². The van der Waals surface area contributed by atoms with Crippen molar-refractivity contribution in [2.75, 3.05) is 0 Å². The molecule has 0 amide bonds. The third-order valence-corrected chi connectivity index (χ3v) is 11.5. The standard InChI is InChI=1S/C52H38N4O4S/c1-31(55-59-33(3)57)35-9-11-37(12-10-35)38-13-15-39(16-14-38)51-52(40-19-23-48(24-20-40)61-47-21-17-36(18-22-47)32(2)56-60-34(4)58)54-50-30-46-28-44-26-42-8-6-5-7-41(42)25-43(44)27-45(46)29-49(50)53-51/h5-30H,1-4H3/b55-31+,56-32+. The predicted octanol–water partition coefficient (Wildman–Crippen LogP) is 12.8. The third-order valence-electron chi connectivity index (χ3n) is 10.5. The van der Waals surface area contributed by atoms with Gasteiger partial charge in [0.25, 0.3) is 0 Å². The summed E-state index contributed by atoms with van der Waals surface area (Å²) in [5.41, 5.74) is 10.2. The first-order valence-electron chi connectivity index (χ1n) is 19.8. The van der Waals surface area contributed by atoms with Crippen LogP contribution in [0.4, 0.5) is 0 Å². The Kier molecular flexibility index (Phi) is 10.6. The molecule has 0 spiro atoms. The van der Waals surface area contributed by atoms with Crippen molar-refractivity contribution in [2.24, 2.45) is 10.3 Å². The highest BCUT2D eigenvalue weighted by Crippen LogP contribution is 2.37. The molecule has 0 bridgehead atoms. The molecule has 9 aromatic rings. The minimum Gasteiger partial charge on any atom is -0.318 e. The maximum Gasteiger partial charge on any atom is 0.331 e. The van der Waals surface area contributed by atoms with E-state index in [4.69, 9.17) is 19.6 Å². The van der Waals surface area contributed by atoms with E-state index in [1.165, 1.54) is 35.4 Å². The fraction of sp³-hybridized carbons (Fsp3) is 0.0769. The number of fused-ring (bicyclic) bond motifs is 4. The van der Waals surface area contributed by atoms with Crippen LogP contribution in [0.3, 0.4) is 0 Å². The van der Waals surface area contributed by atoms with Gasteiger partial charge in [-0.2, -0.15) is 0 Å². The van der Waals surface area contributed by atoms with E-state index < -0.39 is 11.9 Å². The largest absolute Gasteiger partial charge is 0.331 e. The lowest BCUT2D eigenvalue weighted by Gasteiger charge is -2.13. The number of benzene rings is 8. The first kappa shape index (κ1) is 39.0. The average Bonchev–Trinajstić information content (AvgIpc) is 3.28. The number of hydrogen-bond donors (Lipinski definition) is 0. The fourth-order valence-electron chi connectivity index (χ4n) is 7.32. The molecule has 0 aliphatic carbocycles. The third kappa shape index (κ3) is 8.50. The maximum absolute atomic E-state index is 11.2. The molecule has 0 aliphatic rings. The molecule has 1 aromatic heterocycles. The Morgan fingerprint density at radius 1 is 0.426 bits per heavy atom. The van der Waals surface area contributed by atoms with Gasteiger partial charge in [-0.3, -0.25) is 0 Å². The van der Waals surface area contributed by atoms with E-state index in [0.717, 1.165) is 76.4 Å². The van der Waals surface area contributed by atoms with Gasteiger partial charge < -0.3 is 9.68 Å². The lowest BCUT2D eigenvalue weighted by molar-refractivity contribution is -0.141. The fourth-order valence-corrected chi connectivity index (χ4v) is 8.14. The SMILES string of the molecule is CC(=O)O/N=C(\C)c1ccc(Sc2ccc(-c3nc4cc5cc6cc7ccccc7cc6cc5cc4nc3-c3ccc(-c4ccc(/C(C)=N/OC(C)=O)cc4)cc3)cc2)cc1. The molecule has 1 heterocycles. The molecule has 0 radical (unpaired) electrons. The number of hydrogen-bond acceptors (Lipinski definition) is 9. The van der Waals surface area contributed by atoms with Crippen LogP contribution >= 0.6 is 11.8 Å². The molecule has 296 valence electrons. The van der Waals surface area contributed by atoms with Crippen LogP contribution in [0.5, 0.6) is 0 Å². The summed E-state index contributed by atoms with van der Waals surface area (Å²) in [6.45, 7) is 6.27. The first-order valence-corrected chi connectivity index (χ1v) is 20.6. The van der Waals surface area contributed by atoms with Crippen molar-refractivity contribution < 1.29 is 19.3 Å². The van der Waals surface area contributed by atoms with Crippen LogP contribution in [-0.4, -0.2) is 33.3 Å². The van der Waals surface area contributed by atoms with Crippen LogP contribution in [0, 0.1) is 0 Å². The Morgan fingerprint density at radius 2 is 0.770 bits per heavy atom. The number of aromatic nitrogens is 2. The summed E-state index contributed by atoms with van der Waals surface area (Å²) in [4.78, 5) is 44.9. The molecular weight excluding hydrogens is 777 g/mol. The Labute approximate surface area is 356 Å². The van der Waals surface area contributed by atoms with Gasteiger partial charge in [0.1, 0.15) is 0 Å². The van der Waals surface area contributed by atoms with Crippen molar-refractivity contribution in [3.63, 3.8) is 0 Å². The molecular formula is C52H38N4O4S. The second-order valence-electron chi connectivity index (χ2n) is 14.8. The molecule has 8 aromatic carbocycles. The first-order chi connectivity index (χ1) is 29.6. The Bertz CT molecular complexity index is 3220. The molecule has 0 aliphatic heterocycles. The second-order valence-corrected chi connectivity index (χ2v) is 16.0. The molecule has 0 fully saturated rings. The van der Waals surface area contributed by atoms with Crippen molar-refractivity contribution in [3.8, 4) is 33.6 Å². The normalized spacial score (nSPS) is 12.0. The summed E-state index contributed by atoms with van der Waals surface area (Å²) in [5.74, 6) is -0.909. The lowest BCUT2D eigenvalue weighted by atomic mass is 9.98. The van der Waals surface area contributed by atoms with E-state index in [2.05, 4.69) is 120 Å². The van der Waals surface area contributed by atoms with E-state index in [9.17, 15) is 9.59 Å². The van der Waals surface area contributed by atoms with Crippen LogP contribution in [0.1, 0.15) is 38.8 Å². The number of rotatable bonds is 9. The topological polar surface area (TPSA) is 103 Å². The molecule has 0 saturated carbocycles. The second kappa shape index (κ2) is 16.6. The number of carbonyl (C=O) groups excluding carboxylic acids is 2. The van der Waals surface area contributed by atoms with Gasteiger partial charge in [0, 0.05) is 34.8 Å². The van der Waals surface area contributed by atoms with Gasteiger partial charge >= 0.3 is 11.9 Å². The summed E-state index contributed by atoms with van der Waals surface area (Å²) >= 11 is 1.65. The highest BCUT2D eigenvalue weighted by atomic mass is 32.2. The molecule has 61 heavy (non-hydrogen) atoms. The van der Waals surface area contributed by atoms with Crippen LogP contribution in [0.25, 0.3) is 77.0 Å². The zero-order valence-corrected chi connectivity index (χ0v) is 34.7. The van der Waals surface area contributed by atoms with E-state index in [1.807, 2.05) is 48.5 Å². The van der Waals surface area contributed by atoms with Crippen molar-refractivity contribution in [2.45, 2.75) is 37.5 Å². The van der Waals surface area contributed by atoms with Crippen molar-refractivity contribution in [1.29, 1.82) is 0 Å². The Morgan fingerprint density at radius 3 is 1.21 bits per heavy atom. The summed E-state index contributed by atoms with van der Waals surface area (Å²) in [6.07, 6.45) is 0. The Balaban J connectivity index is 1.08. The monoisotopic (exact) mass is 814 g/mol. The molecule has 0 atom stereocenters. The average molecular weight is 815 g/mol. The van der Waals surface area contributed by atoms with Crippen LogP contribution in [0.15, 0.2) is 178 Å². The zero-order chi connectivity index (χ0) is 42.0. The smallest absolute Gasteiger partial charge is 0.318 e. The van der Waals surface area contributed by atoms with Crippen LogP contribution < -0.4 is 0 Å². The van der Waals surface area contributed by atoms with E-state index in [0.29, 0.717) is 11.4 Å². The highest BCUT2D eigenvalue weighted by molar-refractivity contribution is 7.99. The van der Waals surface area contributed by atoms with Crippen LogP contribution in [-0.2, 0) is 19.3 Å². The summed E-state index contributed by atoms with van der Waals surface area (Å²) in [6, 6.07) is 54.6. The summed E-state index contributed by atoms with van der Waals surface area (Å²) in [5, 5.41) is 14.8. The molecule has 0 saturated heterocycles. The lowest BCUT2D eigenvalue weighted by Crippen LogP contribution is -1.99. The zero-order valence-electron chi connectivity index (χ0n) is 33.8. The summed E-state index contributed by atoms with van der Waals surface area (Å²) in [7, 11) is 0. The van der Waals surface area contributed by atoms with Gasteiger partial charge in [0.05, 0.1) is 33.8 Å². The Hall–Kier alpha value is -7.49. The molecule has 0 unspecified atom stereocenters. The quantitative estimate of drug-likeness (QED) is 0.0618. The van der Waals surface area contributed by atoms with Gasteiger partial charge in [-0.15, -0.1) is 0 Å². The molecule has 9 rings (SSSR count). The van der Waals surface area contributed by atoms with Gasteiger partial charge in [-0.05, 0) is 129 Å². The number of oxime groups is 2.